The molecule has 8 nitrogen and oxygen atoms in total. The predicted octanol–water partition coefficient (Wildman–Crippen LogP) is 3.30. The summed E-state index contributed by atoms with van der Waals surface area (Å²) in [5.41, 5.74) is 3.43. The Morgan fingerprint density at radius 1 is 0.941 bits per heavy atom. The van der Waals surface area contributed by atoms with Crippen LogP contribution in [0.3, 0.4) is 0 Å². The molecular weight excluding hydrogens is 430 g/mol. The predicted molar refractivity (Wildman–Crippen MR) is 128 cm³/mol. The Balaban J connectivity index is 1.30. The molecule has 4 aromatic rings. The monoisotopic (exact) mass is 453 g/mol. The number of nitrogens with zero attached hydrogens (tertiary/aromatic N) is 1. The maximum atomic E-state index is 13.0. The number of amides is 3. The number of aromatic amines is 1. The Labute approximate surface area is 195 Å². The number of imidazole rings is 1. The van der Waals surface area contributed by atoms with E-state index in [2.05, 4.69) is 25.9 Å². The average Bonchev–Trinajstić information content (AvgIpc) is 3.24. The van der Waals surface area contributed by atoms with Crippen molar-refractivity contribution >= 4 is 34.4 Å². The number of fused-ring (bicyclic) bond motifs is 2. The van der Waals surface area contributed by atoms with E-state index in [0.717, 1.165) is 16.6 Å². The molecule has 0 saturated carbocycles. The summed E-state index contributed by atoms with van der Waals surface area (Å²) in [4.78, 5) is 46.1. The lowest BCUT2D eigenvalue weighted by molar-refractivity contribution is -0.122. The number of carbonyl (C=O) groups is 3. The third-order valence-corrected chi connectivity index (χ3v) is 5.83. The van der Waals surface area contributed by atoms with Gasteiger partial charge in [0, 0.05) is 6.42 Å². The molecule has 0 fully saturated rings. The van der Waals surface area contributed by atoms with Crippen molar-refractivity contribution in [3.63, 3.8) is 0 Å². The van der Waals surface area contributed by atoms with Crippen LogP contribution >= 0.6 is 0 Å². The molecule has 2 heterocycles. The van der Waals surface area contributed by atoms with Gasteiger partial charge in [0.25, 0.3) is 5.91 Å². The van der Waals surface area contributed by atoms with Gasteiger partial charge in [-0.1, -0.05) is 54.6 Å². The van der Waals surface area contributed by atoms with Crippen LogP contribution in [0, 0.1) is 0 Å². The zero-order valence-corrected chi connectivity index (χ0v) is 18.2. The lowest BCUT2D eigenvalue weighted by Crippen LogP contribution is -2.42. The molecule has 8 heteroatoms. The van der Waals surface area contributed by atoms with E-state index in [0.29, 0.717) is 17.1 Å². The van der Waals surface area contributed by atoms with Crippen LogP contribution in [-0.2, 0) is 9.59 Å². The average molecular weight is 454 g/mol. The molecule has 0 radical (unpaired) electrons. The standard InChI is InChI=1S/C26H23N5O3/c32-22(15-14-21-26(34)29-18-11-5-4-10-17(18)25(33)30-21)31-23(16-8-2-1-3-9-16)24-27-19-12-6-7-13-20(19)28-24/h1-13,21,23H,14-15H2,(H,27,28)(H,29,34)(H,30,33)(H,31,32)/t21?,23-/m1/s1. The summed E-state index contributed by atoms with van der Waals surface area (Å²) in [6, 6.07) is 22.8. The van der Waals surface area contributed by atoms with E-state index in [1.54, 1.807) is 24.3 Å². The zero-order chi connectivity index (χ0) is 23.5. The molecule has 34 heavy (non-hydrogen) atoms. The van der Waals surface area contributed by atoms with Crippen LogP contribution in [-0.4, -0.2) is 33.7 Å². The molecule has 0 bridgehead atoms. The van der Waals surface area contributed by atoms with Gasteiger partial charge in [0.05, 0.1) is 22.3 Å². The lowest BCUT2D eigenvalue weighted by atomic mass is 10.1. The molecule has 0 saturated heterocycles. The van der Waals surface area contributed by atoms with Crippen LogP contribution in [0.25, 0.3) is 11.0 Å². The van der Waals surface area contributed by atoms with Crippen molar-refractivity contribution in [2.24, 2.45) is 0 Å². The second-order valence-corrected chi connectivity index (χ2v) is 8.15. The van der Waals surface area contributed by atoms with Gasteiger partial charge in [-0.2, -0.15) is 0 Å². The van der Waals surface area contributed by atoms with Crippen LogP contribution in [0.5, 0.6) is 0 Å². The largest absolute Gasteiger partial charge is 0.342 e. The van der Waals surface area contributed by atoms with Crippen LogP contribution in [0.2, 0.25) is 0 Å². The highest BCUT2D eigenvalue weighted by Crippen LogP contribution is 2.23. The number of aromatic nitrogens is 2. The first kappa shape index (κ1) is 21.4. The van der Waals surface area contributed by atoms with Crippen LogP contribution in [0.4, 0.5) is 5.69 Å². The van der Waals surface area contributed by atoms with Gasteiger partial charge in [0.2, 0.25) is 11.8 Å². The van der Waals surface area contributed by atoms with Crippen LogP contribution < -0.4 is 16.0 Å². The fraction of sp³-hybridized carbons (Fsp3) is 0.154. The Morgan fingerprint density at radius 3 is 2.50 bits per heavy atom. The van der Waals surface area contributed by atoms with Gasteiger partial charge < -0.3 is 20.9 Å². The molecule has 2 atom stereocenters. The molecule has 170 valence electrons. The minimum absolute atomic E-state index is 0.0538. The fourth-order valence-electron chi connectivity index (χ4n) is 4.09. The van der Waals surface area contributed by atoms with Crippen molar-refractivity contribution in [1.29, 1.82) is 0 Å². The minimum Gasteiger partial charge on any atom is -0.342 e. The molecule has 0 aliphatic carbocycles. The van der Waals surface area contributed by atoms with E-state index < -0.39 is 12.1 Å². The molecule has 1 unspecified atom stereocenters. The van der Waals surface area contributed by atoms with Gasteiger partial charge in [-0.15, -0.1) is 0 Å². The minimum atomic E-state index is -0.813. The molecule has 1 aliphatic rings. The van der Waals surface area contributed by atoms with Gasteiger partial charge in [-0.3, -0.25) is 14.4 Å². The number of H-pyrrole nitrogens is 1. The van der Waals surface area contributed by atoms with E-state index >= 15 is 0 Å². The Morgan fingerprint density at radius 2 is 1.68 bits per heavy atom. The first-order chi connectivity index (χ1) is 16.6. The number of hydrogen-bond donors (Lipinski definition) is 4. The number of para-hydroxylation sites is 3. The molecule has 4 N–H and O–H groups in total. The molecular formula is C26H23N5O3. The summed E-state index contributed by atoms with van der Waals surface area (Å²) in [6.07, 6.45) is 0.220. The van der Waals surface area contributed by atoms with Gasteiger partial charge in [-0.25, -0.2) is 4.98 Å². The number of rotatable bonds is 6. The van der Waals surface area contributed by atoms with E-state index in [9.17, 15) is 14.4 Å². The second kappa shape index (κ2) is 9.19. The van der Waals surface area contributed by atoms with E-state index in [1.165, 1.54) is 0 Å². The van der Waals surface area contributed by atoms with E-state index in [1.807, 2.05) is 54.6 Å². The normalized spacial score (nSPS) is 16.2. The Bertz CT molecular complexity index is 1330. The van der Waals surface area contributed by atoms with Crippen molar-refractivity contribution in [2.45, 2.75) is 24.9 Å². The summed E-state index contributed by atoms with van der Waals surface area (Å²) in [5, 5.41) is 8.52. The summed E-state index contributed by atoms with van der Waals surface area (Å²) < 4.78 is 0. The van der Waals surface area contributed by atoms with Crippen molar-refractivity contribution in [3.05, 3.63) is 95.8 Å². The highest BCUT2D eigenvalue weighted by atomic mass is 16.2. The van der Waals surface area contributed by atoms with Crippen molar-refractivity contribution in [3.8, 4) is 0 Å². The highest BCUT2D eigenvalue weighted by molar-refractivity contribution is 6.09. The third-order valence-electron chi connectivity index (χ3n) is 5.83. The van der Waals surface area contributed by atoms with E-state index in [4.69, 9.17) is 0 Å². The number of anilines is 1. The fourth-order valence-corrected chi connectivity index (χ4v) is 4.09. The van der Waals surface area contributed by atoms with Crippen molar-refractivity contribution < 1.29 is 14.4 Å². The molecule has 3 amide bonds. The molecule has 1 aromatic heterocycles. The van der Waals surface area contributed by atoms with E-state index in [-0.39, 0.29) is 30.6 Å². The Kier molecular flexibility index (Phi) is 5.78. The summed E-state index contributed by atoms with van der Waals surface area (Å²) in [7, 11) is 0. The first-order valence-corrected chi connectivity index (χ1v) is 11.1. The third kappa shape index (κ3) is 4.38. The molecule has 3 aromatic carbocycles. The SMILES string of the molecule is O=C(CCC1NC(=O)c2ccccc2NC1=O)N[C@H](c1ccccc1)c1nc2ccccc2[nH]1. The molecule has 0 spiro atoms. The van der Waals surface area contributed by atoms with Crippen LogP contribution in [0.1, 0.15) is 40.6 Å². The first-order valence-electron chi connectivity index (χ1n) is 11.1. The van der Waals surface area contributed by atoms with Crippen molar-refractivity contribution in [1.82, 2.24) is 20.6 Å². The zero-order valence-electron chi connectivity index (χ0n) is 18.2. The summed E-state index contributed by atoms with van der Waals surface area (Å²) in [5.74, 6) is -0.318. The maximum absolute atomic E-state index is 13.0. The van der Waals surface area contributed by atoms with Gasteiger partial charge in [0.15, 0.2) is 0 Å². The topological polar surface area (TPSA) is 116 Å². The second-order valence-electron chi connectivity index (χ2n) is 8.15. The number of hydrogen-bond acceptors (Lipinski definition) is 4. The lowest BCUT2D eigenvalue weighted by Gasteiger charge is -2.19. The Hall–Kier alpha value is -4.46. The quantitative estimate of drug-likeness (QED) is 0.358. The van der Waals surface area contributed by atoms with Gasteiger partial charge in [0.1, 0.15) is 17.9 Å². The number of carbonyl (C=O) groups excluding carboxylic acids is 3. The summed E-state index contributed by atoms with van der Waals surface area (Å²) >= 11 is 0. The van der Waals surface area contributed by atoms with Gasteiger partial charge in [-0.05, 0) is 36.2 Å². The highest BCUT2D eigenvalue weighted by Gasteiger charge is 2.28. The smallest absolute Gasteiger partial charge is 0.254 e. The number of benzene rings is 3. The number of nitrogens with one attached hydrogen (secondary N) is 4. The maximum Gasteiger partial charge on any atom is 0.254 e. The molecule has 1 aliphatic heterocycles. The molecule has 5 rings (SSSR count). The van der Waals surface area contributed by atoms with Crippen LogP contribution in [0.15, 0.2) is 78.9 Å². The summed E-state index contributed by atoms with van der Waals surface area (Å²) in [6.45, 7) is 0. The van der Waals surface area contributed by atoms with Crippen molar-refractivity contribution in [2.75, 3.05) is 5.32 Å². The van der Waals surface area contributed by atoms with Gasteiger partial charge >= 0.3 is 0 Å².